The number of nitrogens with zero attached hydrogens (tertiary/aromatic N) is 1. The lowest BCUT2D eigenvalue weighted by atomic mass is 10.3. The van der Waals surface area contributed by atoms with Crippen LogP contribution >= 0.6 is 11.6 Å². The fraction of sp³-hybridized carbons (Fsp3) is 0.833. The van der Waals surface area contributed by atoms with Gasteiger partial charge in [0.1, 0.15) is 0 Å². The molecule has 0 fully saturated rings. The first-order valence-corrected chi connectivity index (χ1v) is 3.30. The van der Waals surface area contributed by atoms with Gasteiger partial charge >= 0.3 is 5.43 Å². The second kappa shape index (κ2) is 3.21. The van der Waals surface area contributed by atoms with Crippen LogP contribution in [0.5, 0.6) is 0 Å². The minimum atomic E-state index is -0.779. The summed E-state index contributed by atoms with van der Waals surface area (Å²) in [5, 5.41) is 0. The Kier molecular flexibility index (Phi) is 3.12. The Bertz CT molecular complexity index is 134. The van der Waals surface area contributed by atoms with Crippen molar-refractivity contribution in [2.75, 3.05) is 14.1 Å². The predicted octanol–water partition coefficient (Wildman–Crippen LogP) is 1.66. The number of halogens is 1. The van der Waals surface area contributed by atoms with Crippen LogP contribution in [0.1, 0.15) is 13.8 Å². The Balaban J connectivity index is 3.99. The third kappa shape index (κ3) is 3.03. The molecule has 4 heteroatoms. The topological polar surface area (TPSA) is 29.5 Å². The summed E-state index contributed by atoms with van der Waals surface area (Å²) in [5.74, 6) is 0. The minimum Gasteiger partial charge on any atom is -0.432 e. The first-order chi connectivity index (χ1) is 4.36. The summed E-state index contributed by atoms with van der Waals surface area (Å²) < 4.78 is 4.75. The van der Waals surface area contributed by atoms with Crippen molar-refractivity contribution < 1.29 is 9.53 Å². The highest BCUT2D eigenvalue weighted by molar-refractivity contribution is 6.61. The van der Waals surface area contributed by atoms with Gasteiger partial charge in [-0.15, -0.1) is 0 Å². The van der Waals surface area contributed by atoms with Crippen molar-refractivity contribution in [1.29, 1.82) is 0 Å². The maximum absolute atomic E-state index is 10.3. The molecule has 0 bridgehead atoms. The van der Waals surface area contributed by atoms with Crippen LogP contribution in [-0.2, 0) is 4.74 Å². The highest BCUT2D eigenvalue weighted by Crippen LogP contribution is 2.13. The first kappa shape index (κ1) is 9.72. The minimum absolute atomic E-state index is 0.626. The zero-order chi connectivity index (χ0) is 8.36. The Labute approximate surface area is 65.9 Å². The van der Waals surface area contributed by atoms with Crippen molar-refractivity contribution in [2.24, 2.45) is 0 Å². The molecule has 0 aromatic rings. The molecule has 0 saturated carbocycles. The van der Waals surface area contributed by atoms with E-state index >= 15 is 0 Å². The lowest BCUT2D eigenvalue weighted by molar-refractivity contribution is -0.0498. The summed E-state index contributed by atoms with van der Waals surface area (Å²) in [6.07, 6.45) is 0. The molecule has 60 valence electrons. The van der Waals surface area contributed by atoms with Crippen LogP contribution in [0.3, 0.4) is 0 Å². The van der Waals surface area contributed by atoms with Crippen molar-refractivity contribution in [3.8, 4) is 0 Å². The molecule has 0 heterocycles. The van der Waals surface area contributed by atoms with Gasteiger partial charge in [0.25, 0.3) is 0 Å². The smallest absolute Gasteiger partial charge is 0.405 e. The molecule has 3 nitrogen and oxygen atoms in total. The molecule has 0 aliphatic carbocycles. The quantitative estimate of drug-likeness (QED) is 0.461. The van der Waals surface area contributed by atoms with E-state index in [2.05, 4.69) is 0 Å². The van der Waals surface area contributed by atoms with Gasteiger partial charge in [0.2, 0.25) is 0 Å². The van der Waals surface area contributed by atoms with E-state index < -0.39 is 11.2 Å². The maximum Gasteiger partial charge on any atom is 0.405 e. The van der Waals surface area contributed by atoms with Gasteiger partial charge in [-0.2, -0.15) is 0 Å². The Hall–Kier alpha value is -0.280. The molecule has 0 rings (SSSR count). The van der Waals surface area contributed by atoms with Crippen LogP contribution in [0.25, 0.3) is 0 Å². The van der Waals surface area contributed by atoms with E-state index in [4.69, 9.17) is 16.3 Å². The summed E-state index contributed by atoms with van der Waals surface area (Å²) in [5.41, 5.74) is -1.41. The van der Waals surface area contributed by atoms with Crippen molar-refractivity contribution in [1.82, 2.24) is 4.90 Å². The fourth-order valence-corrected chi connectivity index (χ4v) is 0.476. The van der Waals surface area contributed by atoms with Gasteiger partial charge in [0, 0.05) is 11.6 Å². The predicted molar refractivity (Wildman–Crippen MR) is 40.1 cm³/mol. The van der Waals surface area contributed by atoms with E-state index in [1.165, 1.54) is 0 Å². The van der Waals surface area contributed by atoms with Gasteiger partial charge in [-0.3, -0.25) is 4.90 Å². The average Bonchev–Trinajstić information content (AvgIpc) is 1.60. The molecule has 0 atom stereocenters. The van der Waals surface area contributed by atoms with Crippen LogP contribution in [0.2, 0.25) is 0 Å². The van der Waals surface area contributed by atoms with Crippen LogP contribution in [-0.4, -0.2) is 30.1 Å². The number of carbonyl (C=O) groups is 1. The zero-order valence-electron chi connectivity index (χ0n) is 6.64. The van der Waals surface area contributed by atoms with Crippen LogP contribution in [0, 0.1) is 0 Å². The largest absolute Gasteiger partial charge is 0.432 e. The molecule has 0 aromatic heterocycles. The molecule has 0 radical (unpaired) electrons. The van der Waals surface area contributed by atoms with Gasteiger partial charge in [0.15, 0.2) is 5.72 Å². The fourth-order valence-electron chi connectivity index (χ4n) is 0.288. The molecule has 0 saturated heterocycles. The van der Waals surface area contributed by atoms with Crippen molar-refractivity contribution in [2.45, 2.75) is 19.6 Å². The van der Waals surface area contributed by atoms with E-state index in [1.807, 2.05) is 0 Å². The first-order valence-electron chi connectivity index (χ1n) is 2.92. The van der Waals surface area contributed by atoms with Crippen LogP contribution < -0.4 is 0 Å². The number of rotatable bonds is 2. The third-order valence-electron chi connectivity index (χ3n) is 1.41. The monoisotopic (exact) mass is 165 g/mol. The Morgan fingerprint density at radius 3 is 2.00 bits per heavy atom. The van der Waals surface area contributed by atoms with Crippen LogP contribution in [0.15, 0.2) is 0 Å². The zero-order valence-corrected chi connectivity index (χ0v) is 7.40. The molecular formula is C6H12ClNO2. The van der Waals surface area contributed by atoms with E-state index in [0.717, 1.165) is 0 Å². The summed E-state index contributed by atoms with van der Waals surface area (Å²) in [7, 11) is 3.61. The Morgan fingerprint density at radius 1 is 1.50 bits per heavy atom. The van der Waals surface area contributed by atoms with Crippen molar-refractivity contribution >= 4 is 17.0 Å². The lowest BCUT2D eigenvalue weighted by Crippen LogP contribution is -2.41. The van der Waals surface area contributed by atoms with E-state index in [0.29, 0.717) is 0 Å². The highest BCUT2D eigenvalue weighted by atomic mass is 35.5. The highest BCUT2D eigenvalue weighted by Gasteiger charge is 2.23. The van der Waals surface area contributed by atoms with Gasteiger partial charge in [-0.1, -0.05) is 0 Å². The third-order valence-corrected chi connectivity index (χ3v) is 1.48. The molecule has 0 aliphatic rings. The van der Waals surface area contributed by atoms with Crippen molar-refractivity contribution in [3.05, 3.63) is 0 Å². The van der Waals surface area contributed by atoms with Gasteiger partial charge in [-0.05, 0) is 27.9 Å². The van der Waals surface area contributed by atoms with Crippen molar-refractivity contribution in [3.63, 3.8) is 0 Å². The number of hydrogen-bond acceptors (Lipinski definition) is 3. The van der Waals surface area contributed by atoms with E-state index in [-0.39, 0.29) is 0 Å². The number of carbonyl (C=O) groups excluding carboxylic acids is 1. The van der Waals surface area contributed by atoms with E-state index in [1.54, 1.807) is 32.8 Å². The Morgan fingerprint density at radius 2 is 1.90 bits per heavy atom. The molecule has 10 heavy (non-hydrogen) atoms. The second-order valence-electron chi connectivity index (χ2n) is 2.68. The molecular weight excluding hydrogens is 154 g/mol. The van der Waals surface area contributed by atoms with Gasteiger partial charge in [0.05, 0.1) is 0 Å². The SMILES string of the molecule is CN(C)C(C)(C)OC(=O)Cl. The van der Waals surface area contributed by atoms with Crippen LogP contribution in [0.4, 0.5) is 4.79 Å². The average molecular weight is 166 g/mol. The summed E-state index contributed by atoms with van der Waals surface area (Å²) in [6, 6.07) is 0. The molecule has 0 aliphatic heterocycles. The molecule has 0 spiro atoms. The summed E-state index contributed by atoms with van der Waals surface area (Å²) in [6.45, 7) is 3.51. The van der Waals surface area contributed by atoms with E-state index in [9.17, 15) is 4.79 Å². The molecule has 0 amide bonds. The second-order valence-corrected chi connectivity index (χ2v) is 2.99. The molecule has 0 aromatic carbocycles. The summed E-state index contributed by atoms with van der Waals surface area (Å²) in [4.78, 5) is 12.0. The summed E-state index contributed by atoms with van der Waals surface area (Å²) >= 11 is 5.02. The number of hydrogen-bond donors (Lipinski definition) is 0. The lowest BCUT2D eigenvalue weighted by Gasteiger charge is -2.30. The van der Waals surface area contributed by atoms with Gasteiger partial charge < -0.3 is 4.74 Å². The maximum atomic E-state index is 10.3. The standard InChI is InChI=1S/C6H12ClNO2/c1-6(2,8(3)4)10-5(7)9/h1-4H3. The molecule has 0 unspecified atom stereocenters. The normalized spacial score (nSPS) is 11.8. The molecule has 0 N–H and O–H groups in total. The number of ether oxygens (including phenoxy) is 1. The van der Waals surface area contributed by atoms with Gasteiger partial charge in [-0.25, -0.2) is 4.79 Å².